The highest BCUT2D eigenvalue weighted by molar-refractivity contribution is 5.79. The largest absolute Gasteiger partial charge is 1.00 e. The molecule has 3 rings (SSSR count). The predicted molar refractivity (Wildman–Crippen MR) is 86.4 cm³/mol. The lowest BCUT2D eigenvalue weighted by atomic mass is 10.1. The van der Waals surface area contributed by atoms with Crippen molar-refractivity contribution in [3.8, 4) is 0 Å². The molecule has 0 radical (unpaired) electrons. The van der Waals surface area contributed by atoms with Crippen LogP contribution < -0.4 is 29.0 Å². The molecule has 23 heavy (non-hydrogen) atoms. The van der Waals surface area contributed by atoms with E-state index in [2.05, 4.69) is 44.5 Å². The van der Waals surface area contributed by atoms with E-state index in [1.54, 1.807) is 0 Å². The van der Waals surface area contributed by atoms with Gasteiger partial charge >= 0.3 is 0 Å². The van der Waals surface area contributed by atoms with Crippen LogP contribution in [0.3, 0.4) is 0 Å². The van der Waals surface area contributed by atoms with E-state index in [0.717, 1.165) is 31.5 Å². The van der Waals surface area contributed by atoms with Crippen molar-refractivity contribution < 1.29 is 17.7 Å². The number of halogens is 1. The van der Waals surface area contributed by atoms with Gasteiger partial charge in [0, 0.05) is 18.2 Å². The van der Waals surface area contributed by atoms with Gasteiger partial charge in [-0.2, -0.15) is 4.98 Å². The number of H-pyrrole nitrogens is 2. The maximum atomic E-state index is 11.9. The van der Waals surface area contributed by atoms with Crippen LogP contribution in [0.2, 0.25) is 0 Å². The summed E-state index contributed by atoms with van der Waals surface area (Å²) in [6.45, 7) is 1.77. The number of hydrogen-bond acceptors (Lipinski definition) is 3. The molecule has 0 saturated heterocycles. The summed E-state index contributed by atoms with van der Waals surface area (Å²) in [7, 11) is 0. The van der Waals surface area contributed by atoms with Crippen LogP contribution in [-0.4, -0.2) is 21.5 Å². The average molecular weight is 334 g/mol. The van der Waals surface area contributed by atoms with Gasteiger partial charge in [-0.3, -0.25) is 9.78 Å². The van der Waals surface area contributed by atoms with Gasteiger partial charge in [-0.25, -0.2) is 0 Å². The Hall–Kier alpha value is -2.31. The number of nitrogen functional groups attached to an aromatic ring is 1. The van der Waals surface area contributed by atoms with Crippen LogP contribution in [0.1, 0.15) is 17.5 Å². The number of nitrogens with zero attached hydrogens (tertiary/aromatic N) is 1. The van der Waals surface area contributed by atoms with Gasteiger partial charge in [-0.05, 0) is 12.0 Å². The average Bonchev–Trinajstić information content (AvgIpc) is 2.91. The quantitative estimate of drug-likeness (QED) is 0.376. The molecule has 1 aromatic carbocycles. The van der Waals surface area contributed by atoms with Crippen LogP contribution in [0.4, 0.5) is 5.95 Å². The van der Waals surface area contributed by atoms with Crippen molar-refractivity contribution >= 4 is 17.0 Å². The fraction of sp³-hybridized carbons (Fsp3) is 0.250. The number of nitrogens with two attached hydrogens (primary N) is 2. The van der Waals surface area contributed by atoms with Crippen LogP contribution in [0.15, 0.2) is 41.3 Å². The van der Waals surface area contributed by atoms with E-state index in [1.165, 1.54) is 5.56 Å². The van der Waals surface area contributed by atoms with Crippen LogP contribution in [0, 0.1) is 0 Å². The number of benzene rings is 1. The molecular formula is C16H20ClN5O. The summed E-state index contributed by atoms with van der Waals surface area (Å²) in [5.41, 5.74) is 8.22. The third kappa shape index (κ3) is 4.12. The monoisotopic (exact) mass is 333 g/mol. The third-order valence-electron chi connectivity index (χ3n) is 3.72. The lowest BCUT2D eigenvalue weighted by Crippen LogP contribution is -3.00. The Morgan fingerprint density at radius 3 is 2.78 bits per heavy atom. The highest BCUT2D eigenvalue weighted by Gasteiger charge is 2.10. The van der Waals surface area contributed by atoms with Gasteiger partial charge in [-0.1, -0.05) is 30.3 Å². The molecule has 6 nitrogen and oxygen atoms in total. The molecule has 2 aromatic heterocycles. The highest BCUT2D eigenvalue weighted by atomic mass is 35.5. The molecule has 0 unspecified atom stereocenters. The summed E-state index contributed by atoms with van der Waals surface area (Å²) in [4.78, 5) is 21.6. The molecule has 0 fully saturated rings. The molecule has 0 aliphatic rings. The number of nitrogens with one attached hydrogen (secondary N) is 2. The molecule has 0 atom stereocenters. The van der Waals surface area contributed by atoms with Crippen molar-refractivity contribution in [1.82, 2.24) is 15.0 Å². The molecule has 3 aromatic rings. The minimum absolute atomic E-state index is 0. The second-order valence-corrected chi connectivity index (χ2v) is 5.36. The zero-order chi connectivity index (χ0) is 15.4. The number of aromatic amines is 2. The van der Waals surface area contributed by atoms with E-state index in [-0.39, 0.29) is 23.9 Å². The van der Waals surface area contributed by atoms with Crippen molar-refractivity contribution in [3.05, 3.63) is 58.0 Å². The molecule has 0 aliphatic carbocycles. The number of aryl methyl sites for hydroxylation is 1. The van der Waals surface area contributed by atoms with Crippen LogP contribution in [0.5, 0.6) is 0 Å². The van der Waals surface area contributed by atoms with Gasteiger partial charge < -0.3 is 28.4 Å². The van der Waals surface area contributed by atoms with E-state index >= 15 is 0 Å². The van der Waals surface area contributed by atoms with Crippen molar-refractivity contribution in [2.24, 2.45) is 0 Å². The fourth-order valence-corrected chi connectivity index (χ4v) is 2.63. The van der Waals surface area contributed by atoms with E-state index in [4.69, 9.17) is 5.73 Å². The van der Waals surface area contributed by atoms with Crippen LogP contribution in [-0.2, 0) is 13.0 Å². The molecule has 0 saturated carbocycles. The first-order valence-corrected chi connectivity index (χ1v) is 7.45. The van der Waals surface area contributed by atoms with Crippen molar-refractivity contribution in [2.45, 2.75) is 19.4 Å². The summed E-state index contributed by atoms with van der Waals surface area (Å²) in [6.07, 6.45) is 4.01. The smallest absolute Gasteiger partial charge is 0.262 e. The minimum Gasteiger partial charge on any atom is -1.00 e. The number of rotatable bonds is 6. The summed E-state index contributed by atoms with van der Waals surface area (Å²) >= 11 is 0. The summed E-state index contributed by atoms with van der Waals surface area (Å²) < 4.78 is 0. The molecule has 0 spiro atoms. The number of quaternary nitrogens is 1. The van der Waals surface area contributed by atoms with Crippen molar-refractivity contribution in [3.63, 3.8) is 0 Å². The van der Waals surface area contributed by atoms with E-state index in [9.17, 15) is 4.79 Å². The number of aromatic nitrogens is 3. The van der Waals surface area contributed by atoms with Crippen LogP contribution in [0.25, 0.3) is 11.0 Å². The Balaban J connectivity index is 0.00000192. The standard InChI is InChI=1S/C16H19N5O.ClH/c17-16-20-14-13(15(22)21-16)12(10-19-14)9-18-8-4-7-11-5-2-1-3-6-11;/h1-3,5-6,10,18H,4,7-9H2,(H4,17,19,20,21,22);1H. The summed E-state index contributed by atoms with van der Waals surface area (Å²) in [5, 5.41) is 2.81. The maximum Gasteiger partial charge on any atom is 0.262 e. The van der Waals surface area contributed by atoms with Crippen molar-refractivity contribution in [2.75, 3.05) is 12.3 Å². The van der Waals surface area contributed by atoms with Gasteiger partial charge in [-0.15, -0.1) is 0 Å². The number of hydrogen-bond donors (Lipinski definition) is 4. The summed E-state index contributed by atoms with van der Waals surface area (Å²) in [6, 6.07) is 10.5. The van der Waals surface area contributed by atoms with Gasteiger partial charge in [0.2, 0.25) is 5.95 Å². The van der Waals surface area contributed by atoms with E-state index in [0.29, 0.717) is 11.0 Å². The predicted octanol–water partition coefficient (Wildman–Crippen LogP) is -2.47. The second kappa shape index (κ2) is 7.80. The Bertz CT molecular complexity index is 812. The van der Waals surface area contributed by atoms with Gasteiger partial charge in [0.25, 0.3) is 5.56 Å². The van der Waals surface area contributed by atoms with E-state index in [1.807, 2.05) is 12.3 Å². The lowest BCUT2D eigenvalue weighted by molar-refractivity contribution is -0.670. The Morgan fingerprint density at radius 1 is 1.22 bits per heavy atom. The van der Waals surface area contributed by atoms with Crippen LogP contribution >= 0.6 is 0 Å². The first-order valence-electron chi connectivity index (χ1n) is 7.45. The van der Waals surface area contributed by atoms with Gasteiger partial charge in [0.05, 0.1) is 11.9 Å². The molecule has 2 heterocycles. The Labute approximate surface area is 139 Å². The Morgan fingerprint density at radius 2 is 2.00 bits per heavy atom. The lowest BCUT2D eigenvalue weighted by Gasteiger charge is -2.02. The molecular weight excluding hydrogens is 314 g/mol. The zero-order valence-corrected chi connectivity index (χ0v) is 13.4. The maximum absolute atomic E-state index is 11.9. The van der Waals surface area contributed by atoms with E-state index < -0.39 is 0 Å². The normalized spacial score (nSPS) is 10.6. The SMILES string of the molecule is Nc1nc2[nH]cc(C[NH2+]CCCc3ccccc3)c2c(=O)[nH]1.[Cl-]. The fourth-order valence-electron chi connectivity index (χ4n) is 2.63. The Kier molecular flexibility index (Phi) is 5.78. The summed E-state index contributed by atoms with van der Waals surface area (Å²) in [5.74, 6) is 0.137. The molecule has 122 valence electrons. The topological polar surface area (TPSA) is 104 Å². The molecule has 0 bridgehead atoms. The third-order valence-corrected chi connectivity index (χ3v) is 3.72. The van der Waals surface area contributed by atoms with Gasteiger partial charge in [0.1, 0.15) is 12.2 Å². The van der Waals surface area contributed by atoms with Crippen molar-refractivity contribution in [1.29, 1.82) is 0 Å². The first kappa shape index (κ1) is 17.1. The highest BCUT2D eigenvalue weighted by Crippen LogP contribution is 2.11. The number of fused-ring (bicyclic) bond motifs is 1. The molecule has 6 N–H and O–H groups in total. The first-order chi connectivity index (χ1) is 10.7. The molecule has 7 heteroatoms. The number of anilines is 1. The second-order valence-electron chi connectivity index (χ2n) is 5.36. The minimum atomic E-state index is -0.184. The zero-order valence-electron chi connectivity index (χ0n) is 12.7. The molecule has 0 aliphatic heterocycles. The van der Waals surface area contributed by atoms with Gasteiger partial charge in [0.15, 0.2) is 0 Å². The molecule has 0 amide bonds.